The van der Waals surface area contributed by atoms with E-state index in [1.54, 1.807) is 11.0 Å². The number of anilines is 1. The Kier molecular flexibility index (Phi) is 7.22. The normalized spacial score (nSPS) is 23.3. The van der Waals surface area contributed by atoms with E-state index in [0.29, 0.717) is 25.3 Å². The molecule has 3 aliphatic heterocycles. The van der Waals surface area contributed by atoms with Gasteiger partial charge in [0.2, 0.25) is 0 Å². The number of hydrogen-bond acceptors (Lipinski definition) is 7. The molecule has 0 saturated carbocycles. The van der Waals surface area contributed by atoms with Gasteiger partial charge in [-0.2, -0.15) is 0 Å². The highest BCUT2D eigenvalue weighted by Crippen LogP contribution is 2.41. The van der Waals surface area contributed by atoms with Crippen molar-refractivity contribution in [3.63, 3.8) is 0 Å². The monoisotopic (exact) mass is 505 g/mol. The molecule has 0 bridgehead atoms. The van der Waals surface area contributed by atoms with Crippen LogP contribution in [0.25, 0.3) is 5.76 Å². The molecule has 0 radical (unpaired) electrons. The van der Waals surface area contributed by atoms with Crippen LogP contribution in [0.1, 0.15) is 36.1 Å². The lowest BCUT2D eigenvalue weighted by Gasteiger charge is -2.29. The molecule has 0 aliphatic carbocycles. The number of rotatable bonds is 7. The largest absolute Gasteiger partial charge is 0.507 e. The maximum absolute atomic E-state index is 13.4. The SMILES string of the molecule is C[C@H]1Cc2cc(C(O)=C3C(=O)C(=O)N(CCCN4CCOCC4)[C@@H]3c3ccc(N(C)C)cc3)ccc2O1. The van der Waals surface area contributed by atoms with Gasteiger partial charge in [0, 0.05) is 57.9 Å². The minimum Gasteiger partial charge on any atom is -0.507 e. The van der Waals surface area contributed by atoms with Gasteiger partial charge in [-0.05, 0) is 54.8 Å². The van der Waals surface area contributed by atoms with E-state index in [-0.39, 0.29) is 17.4 Å². The van der Waals surface area contributed by atoms with Crippen LogP contribution in [0.2, 0.25) is 0 Å². The molecule has 0 spiro atoms. The number of amides is 1. The summed E-state index contributed by atoms with van der Waals surface area (Å²) in [5, 5.41) is 11.4. The molecule has 2 aromatic rings. The second kappa shape index (κ2) is 10.6. The minimum atomic E-state index is -0.649. The molecule has 0 unspecified atom stereocenters. The lowest BCUT2D eigenvalue weighted by atomic mass is 9.94. The average Bonchev–Trinajstić information content (AvgIpc) is 3.40. The standard InChI is InChI=1S/C29H35N3O5/c1-19-17-22-18-21(7-10-24(22)37-19)27(33)25-26(20-5-8-23(9-6-20)30(2)3)32(29(35)28(25)34)12-4-11-31-13-15-36-16-14-31/h5-10,18-19,26,33H,4,11-17H2,1-3H3/t19-,26+/m0/s1. The second-order valence-corrected chi connectivity index (χ2v) is 10.2. The fraction of sp³-hybridized carbons (Fsp3) is 0.448. The third kappa shape index (κ3) is 5.08. The van der Waals surface area contributed by atoms with Crippen LogP contribution in [0.3, 0.4) is 0 Å². The first-order valence-corrected chi connectivity index (χ1v) is 13.0. The highest BCUT2D eigenvalue weighted by Gasteiger charge is 2.46. The molecule has 5 rings (SSSR count). The molecule has 37 heavy (non-hydrogen) atoms. The number of morpholine rings is 1. The molecule has 2 fully saturated rings. The Balaban J connectivity index is 1.49. The summed E-state index contributed by atoms with van der Waals surface area (Å²) in [5.41, 5.74) is 3.47. The van der Waals surface area contributed by atoms with Crippen LogP contribution in [0.4, 0.5) is 5.69 Å². The Morgan fingerprint density at radius 3 is 2.49 bits per heavy atom. The Bertz CT molecular complexity index is 1200. The molecule has 8 heteroatoms. The molecule has 2 aromatic carbocycles. The molecular weight excluding hydrogens is 470 g/mol. The minimum absolute atomic E-state index is 0.0691. The van der Waals surface area contributed by atoms with Crippen molar-refractivity contribution in [2.24, 2.45) is 0 Å². The molecule has 3 aliphatic rings. The zero-order valence-corrected chi connectivity index (χ0v) is 21.8. The lowest BCUT2D eigenvalue weighted by Crippen LogP contribution is -2.38. The summed E-state index contributed by atoms with van der Waals surface area (Å²) in [6.07, 6.45) is 1.54. The van der Waals surface area contributed by atoms with E-state index in [1.807, 2.05) is 62.3 Å². The van der Waals surface area contributed by atoms with Gasteiger partial charge in [-0.3, -0.25) is 14.5 Å². The Morgan fingerprint density at radius 1 is 1.05 bits per heavy atom. The third-order valence-corrected chi connectivity index (χ3v) is 7.41. The predicted molar refractivity (Wildman–Crippen MR) is 142 cm³/mol. The van der Waals surface area contributed by atoms with Crippen LogP contribution in [-0.4, -0.2) is 86.2 Å². The Labute approximate surface area is 218 Å². The van der Waals surface area contributed by atoms with Gasteiger partial charge in [0.25, 0.3) is 11.7 Å². The fourth-order valence-corrected chi connectivity index (χ4v) is 5.43. The number of fused-ring (bicyclic) bond motifs is 1. The zero-order chi connectivity index (χ0) is 26.1. The van der Waals surface area contributed by atoms with Gasteiger partial charge in [-0.1, -0.05) is 12.1 Å². The summed E-state index contributed by atoms with van der Waals surface area (Å²) in [7, 11) is 3.93. The quantitative estimate of drug-likeness (QED) is 0.352. The van der Waals surface area contributed by atoms with E-state index in [9.17, 15) is 14.7 Å². The van der Waals surface area contributed by atoms with E-state index in [4.69, 9.17) is 9.47 Å². The first kappa shape index (κ1) is 25.3. The maximum atomic E-state index is 13.4. The number of Topliss-reactive ketones (excluding diaryl/α,β-unsaturated/α-hetero) is 1. The van der Waals surface area contributed by atoms with Crippen molar-refractivity contribution < 1.29 is 24.2 Å². The third-order valence-electron chi connectivity index (χ3n) is 7.41. The fourth-order valence-electron chi connectivity index (χ4n) is 5.43. The van der Waals surface area contributed by atoms with Crippen LogP contribution in [0.15, 0.2) is 48.0 Å². The molecule has 1 amide bonds. The van der Waals surface area contributed by atoms with Gasteiger partial charge in [-0.25, -0.2) is 0 Å². The summed E-state index contributed by atoms with van der Waals surface area (Å²) >= 11 is 0. The number of carbonyl (C=O) groups excluding carboxylic acids is 2. The molecule has 8 nitrogen and oxygen atoms in total. The highest BCUT2D eigenvalue weighted by atomic mass is 16.5. The first-order chi connectivity index (χ1) is 17.8. The van der Waals surface area contributed by atoms with E-state index in [2.05, 4.69) is 4.90 Å². The van der Waals surface area contributed by atoms with Crippen molar-refractivity contribution in [3.05, 3.63) is 64.7 Å². The van der Waals surface area contributed by atoms with Crippen molar-refractivity contribution in [1.82, 2.24) is 9.80 Å². The van der Waals surface area contributed by atoms with Crippen molar-refractivity contribution in [3.8, 4) is 5.75 Å². The number of benzene rings is 2. The van der Waals surface area contributed by atoms with Crippen LogP contribution in [-0.2, 0) is 20.7 Å². The predicted octanol–water partition coefficient (Wildman–Crippen LogP) is 3.22. The summed E-state index contributed by atoms with van der Waals surface area (Å²) in [5.74, 6) is -0.555. The Morgan fingerprint density at radius 2 is 1.78 bits per heavy atom. The van der Waals surface area contributed by atoms with Crippen molar-refractivity contribution in [2.45, 2.75) is 31.9 Å². The molecule has 0 aromatic heterocycles. The number of carbonyl (C=O) groups is 2. The number of nitrogens with zero attached hydrogens (tertiary/aromatic N) is 3. The van der Waals surface area contributed by atoms with Gasteiger partial charge in [0.1, 0.15) is 17.6 Å². The molecule has 196 valence electrons. The highest BCUT2D eigenvalue weighted by molar-refractivity contribution is 6.46. The maximum Gasteiger partial charge on any atom is 0.295 e. The zero-order valence-electron chi connectivity index (χ0n) is 21.8. The summed E-state index contributed by atoms with van der Waals surface area (Å²) in [4.78, 5) is 32.6. The molecule has 3 heterocycles. The van der Waals surface area contributed by atoms with E-state index >= 15 is 0 Å². The summed E-state index contributed by atoms with van der Waals surface area (Å²) in [6.45, 7) is 6.42. The van der Waals surface area contributed by atoms with E-state index in [1.165, 1.54) is 0 Å². The summed E-state index contributed by atoms with van der Waals surface area (Å²) in [6, 6.07) is 12.6. The van der Waals surface area contributed by atoms with E-state index in [0.717, 1.165) is 55.0 Å². The van der Waals surface area contributed by atoms with Gasteiger partial charge >= 0.3 is 0 Å². The first-order valence-electron chi connectivity index (χ1n) is 13.0. The van der Waals surface area contributed by atoms with Gasteiger partial charge < -0.3 is 24.4 Å². The number of likely N-dealkylation sites (tertiary alicyclic amines) is 1. The second-order valence-electron chi connectivity index (χ2n) is 10.2. The van der Waals surface area contributed by atoms with Gasteiger partial charge in [0.05, 0.1) is 24.8 Å². The Hall–Kier alpha value is -3.36. The van der Waals surface area contributed by atoms with Crippen LogP contribution < -0.4 is 9.64 Å². The van der Waals surface area contributed by atoms with Crippen LogP contribution >= 0.6 is 0 Å². The lowest BCUT2D eigenvalue weighted by molar-refractivity contribution is -0.140. The van der Waals surface area contributed by atoms with E-state index < -0.39 is 17.7 Å². The molecule has 2 atom stereocenters. The van der Waals surface area contributed by atoms with Crippen LogP contribution in [0.5, 0.6) is 5.75 Å². The summed E-state index contributed by atoms with van der Waals surface area (Å²) < 4.78 is 11.2. The topological polar surface area (TPSA) is 82.5 Å². The smallest absolute Gasteiger partial charge is 0.295 e. The number of ketones is 1. The number of ether oxygens (including phenoxy) is 2. The number of aliphatic hydroxyl groups excluding tert-OH is 1. The number of hydrogen-bond donors (Lipinski definition) is 1. The van der Waals surface area contributed by atoms with Crippen molar-refractivity contribution >= 4 is 23.1 Å². The average molecular weight is 506 g/mol. The van der Waals surface area contributed by atoms with Gasteiger partial charge in [-0.15, -0.1) is 0 Å². The van der Waals surface area contributed by atoms with Crippen molar-refractivity contribution in [1.29, 1.82) is 0 Å². The molecule has 1 N–H and O–H groups in total. The number of aliphatic hydroxyl groups is 1. The van der Waals surface area contributed by atoms with Gasteiger partial charge in [0.15, 0.2) is 0 Å². The van der Waals surface area contributed by atoms with Crippen LogP contribution in [0, 0.1) is 0 Å². The molecular formula is C29H35N3O5. The molecule has 2 saturated heterocycles. The van der Waals surface area contributed by atoms with Crippen molar-refractivity contribution in [2.75, 3.05) is 58.4 Å².